The van der Waals surface area contributed by atoms with Gasteiger partial charge in [-0.3, -0.25) is 4.79 Å². The molecule has 0 radical (unpaired) electrons. The zero-order chi connectivity index (χ0) is 30.6. The number of sulfonamides is 1. The predicted molar refractivity (Wildman–Crippen MR) is 160 cm³/mol. The summed E-state index contributed by atoms with van der Waals surface area (Å²) in [5, 5.41) is 8.99. The topological polar surface area (TPSA) is 137 Å². The van der Waals surface area contributed by atoms with Crippen LogP contribution < -0.4 is 4.90 Å². The first-order valence-corrected chi connectivity index (χ1v) is 15.9. The van der Waals surface area contributed by atoms with E-state index >= 15 is 0 Å². The van der Waals surface area contributed by atoms with E-state index in [0.29, 0.717) is 31.0 Å². The molecule has 0 N–H and O–H groups in total. The van der Waals surface area contributed by atoms with Crippen LogP contribution in [0.1, 0.15) is 25.0 Å². The molecule has 2 aliphatic rings. The van der Waals surface area contributed by atoms with Crippen molar-refractivity contribution in [3.8, 4) is 17.2 Å². The molecular weight excluding hydrogens is 568 g/mol. The normalized spacial score (nSPS) is 18.4. The number of rotatable bonds is 9. The number of benzene rings is 2. The Hall–Kier alpha value is -4.34. The largest absolute Gasteiger partial charge is 0.447 e. The Kier molecular flexibility index (Phi) is 9.03. The molecule has 0 spiro atoms. The number of cyclic esters (lactones) is 1. The Bertz CT molecular complexity index is 1580. The van der Waals surface area contributed by atoms with Gasteiger partial charge in [0.1, 0.15) is 6.61 Å². The molecule has 2 fully saturated rings. The van der Waals surface area contributed by atoms with Gasteiger partial charge in [-0.2, -0.15) is 9.57 Å². The van der Waals surface area contributed by atoms with E-state index in [4.69, 9.17) is 10.00 Å². The minimum atomic E-state index is -3.81. The Labute approximate surface area is 251 Å². The van der Waals surface area contributed by atoms with Crippen LogP contribution in [0.15, 0.2) is 67.0 Å². The smallest absolute Gasteiger partial charge is 0.416 e. The molecule has 11 nitrogen and oxygen atoms in total. The van der Waals surface area contributed by atoms with Gasteiger partial charge < -0.3 is 9.64 Å². The molecule has 2 atom stereocenters. The van der Waals surface area contributed by atoms with Gasteiger partial charge in [0.15, 0.2) is 0 Å². The number of hydrogen-bond donors (Lipinski definition) is 0. The summed E-state index contributed by atoms with van der Waals surface area (Å²) in [7, 11) is -3.81. The number of imide groups is 1. The molecule has 3 aromatic rings. The lowest BCUT2D eigenvalue weighted by atomic mass is 9.95. The van der Waals surface area contributed by atoms with Gasteiger partial charge >= 0.3 is 6.09 Å². The summed E-state index contributed by atoms with van der Waals surface area (Å²) in [6.45, 7) is 4.91. The van der Waals surface area contributed by atoms with Crippen molar-refractivity contribution in [2.45, 2.75) is 26.3 Å². The van der Waals surface area contributed by atoms with Crippen LogP contribution in [-0.4, -0.2) is 84.2 Å². The Morgan fingerprint density at radius 3 is 2.26 bits per heavy atom. The standard InChI is InChI=1S/C31H34N6O5S/c1-22(2)28(29(38)37-27(20-42-31(37)39)16-23-6-4-3-5-7-23)21-43(40,41)36-14-12-35(13-15-36)30-33-18-26(19-34-30)25-10-8-24(17-32)9-11-25/h3-11,18-19,22,27-28H,12-16,20-21H2,1-2H3/t27-,28?/m1/s1. The molecule has 2 amide bonds. The number of anilines is 1. The van der Waals surface area contributed by atoms with Crippen molar-refractivity contribution in [3.63, 3.8) is 0 Å². The second-order valence-corrected chi connectivity index (χ2v) is 13.1. The first-order chi connectivity index (χ1) is 20.7. The third-order valence-corrected chi connectivity index (χ3v) is 9.86. The summed E-state index contributed by atoms with van der Waals surface area (Å²) in [6, 6.07) is 18.3. The van der Waals surface area contributed by atoms with Crippen LogP contribution in [0, 0.1) is 23.2 Å². The van der Waals surface area contributed by atoms with Gasteiger partial charge in [0, 0.05) is 44.1 Å². The van der Waals surface area contributed by atoms with Crippen LogP contribution in [0.3, 0.4) is 0 Å². The zero-order valence-electron chi connectivity index (χ0n) is 24.2. The molecule has 3 heterocycles. The van der Waals surface area contributed by atoms with Crippen molar-refractivity contribution in [2.75, 3.05) is 43.4 Å². The van der Waals surface area contributed by atoms with Crippen LogP contribution in [0.25, 0.3) is 11.1 Å². The third-order valence-electron chi connectivity index (χ3n) is 7.93. The number of hydrogen-bond acceptors (Lipinski definition) is 9. The maximum absolute atomic E-state index is 13.7. The minimum absolute atomic E-state index is 0.0789. The molecule has 1 aromatic heterocycles. The Morgan fingerprint density at radius 2 is 1.65 bits per heavy atom. The van der Waals surface area contributed by atoms with Crippen molar-refractivity contribution in [3.05, 3.63) is 78.1 Å². The highest BCUT2D eigenvalue weighted by Gasteiger charge is 2.43. The third kappa shape index (κ3) is 6.84. The van der Waals surface area contributed by atoms with Gasteiger partial charge in [0.25, 0.3) is 0 Å². The van der Waals surface area contributed by atoms with Crippen molar-refractivity contribution >= 4 is 28.0 Å². The van der Waals surface area contributed by atoms with E-state index in [0.717, 1.165) is 21.6 Å². The van der Waals surface area contributed by atoms with Gasteiger partial charge in [-0.25, -0.2) is 28.1 Å². The SMILES string of the molecule is CC(C)C(CS(=O)(=O)N1CCN(c2ncc(-c3ccc(C#N)cc3)cn2)CC1)C(=O)N1C(=O)OC[C@H]1Cc1ccccc1. The lowest BCUT2D eigenvalue weighted by Gasteiger charge is -2.35. The summed E-state index contributed by atoms with van der Waals surface area (Å²) in [5.74, 6) is -1.61. The molecule has 12 heteroatoms. The maximum atomic E-state index is 13.7. The van der Waals surface area contributed by atoms with Crippen LogP contribution in [0.4, 0.5) is 10.7 Å². The van der Waals surface area contributed by atoms with E-state index in [1.165, 1.54) is 4.31 Å². The molecule has 2 aliphatic heterocycles. The van der Waals surface area contributed by atoms with Crippen LogP contribution in [0.2, 0.25) is 0 Å². The number of amides is 2. The predicted octanol–water partition coefficient (Wildman–Crippen LogP) is 3.33. The van der Waals surface area contributed by atoms with Crippen molar-refractivity contribution in [1.29, 1.82) is 5.26 Å². The average molecular weight is 603 g/mol. The van der Waals surface area contributed by atoms with E-state index in [2.05, 4.69) is 16.0 Å². The highest BCUT2D eigenvalue weighted by atomic mass is 32.2. The molecular formula is C31H34N6O5S. The van der Waals surface area contributed by atoms with E-state index < -0.39 is 34.0 Å². The first-order valence-electron chi connectivity index (χ1n) is 14.3. The number of carbonyl (C=O) groups excluding carboxylic acids is 2. The highest BCUT2D eigenvalue weighted by Crippen LogP contribution is 2.26. The fourth-order valence-electron chi connectivity index (χ4n) is 5.36. The van der Waals surface area contributed by atoms with E-state index in [-0.39, 0.29) is 31.4 Å². The van der Waals surface area contributed by atoms with E-state index in [9.17, 15) is 18.0 Å². The fraction of sp³-hybridized carbons (Fsp3) is 0.387. The summed E-state index contributed by atoms with van der Waals surface area (Å²) >= 11 is 0. The molecule has 43 heavy (non-hydrogen) atoms. The second-order valence-electron chi connectivity index (χ2n) is 11.1. The average Bonchev–Trinajstić information content (AvgIpc) is 3.39. The van der Waals surface area contributed by atoms with Gasteiger partial charge in [-0.05, 0) is 35.6 Å². The summed E-state index contributed by atoms with van der Waals surface area (Å²) in [6.07, 6.45) is 3.13. The summed E-state index contributed by atoms with van der Waals surface area (Å²) < 4.78 is 33.7. The van der Waals surface area contributed by atoms with Crippen molar-refractivity contribution in [2.24, 2.45) is 11.8 Å². The van der Waals surface area contributed by atoms with Crippen LogP contribution in [-0.2, 0) is 26.0 Å². The fourth-order valence-corrected chi connectivity index (χ4v) is 7.28. The number of ether oxygens (including phenoxy) is 1. The number of nitrogens with zero attached hydrogens (tertiary/aromatic N) is 6. The molecule has 5 rings (SSSR count). The van der Waals surface area contributed by atoms with Crippen molar-refractivity contribution < 1.29 is 22.7 Å². The van der Waals surface area contributed by atoms with Gasteiger partial charge in [-0.1, -0.05) is 56.3 Å². The number of nitriles is 1. The quantitative estimate of drug-likeness (QED) is 0.361. The molecule has 1 unspecified atom stereocenters. The molecule has 2 saturated heterocycles. The molecule has 2 aromatic carbocycles. The molecule has 0 saturated carbocycles. The highest BCUT2D eigenvalue weighted by molar-refractivity contribution is 7.89. The second kappa shape index (κ2) is 12.9. The first kappa shape index (κ1) is 30.1. The number of piperazine rings is 1. The summed E-state index contributed by atoms with van der Waals surface area (Å²) in [4.78, 5) is 38.3. The molecule has 0 bridgehead atoms. The van der Waals surface area contributed by atoms with Crippen LogP contribution >= 0.6 is 0 Å². The lowest BCUT2D eigenvalue weighted by Crippen LogP contribution is -2.52. The van der Waals surface area contributed by atoms with E-state index in [1.807, 2.05) is 47.4 Å². The lowest BCUT2D eigenvalue weighted by molar-refractivity contribution is -0.134. The summed E-state index contributed by atoms with van der Waals surface area (Å²) in [5.41, 5.74) is 3.24. The monoisotopic (exact) mass is 602 g/mol. The number of aromatic nitrogens is 2. The molecule has 224 valence electrons. The van der Waals surface area contributed by atoms with Gasteiger partial charge in [0.05, 0.1) is 29.3 Å². The Morgan fingerprint density at radius 1 is 1.00 bits per heavy atom. The number of carbonyl (C=O) groups is 2. The van der Waals surface area contributed by atoms with Gasteiger partial charge in [-0.15, -0.1) is 0 Å². The maximum Gasteiger partial charge on any atom is 0.416 e. The minimum Gasteiger partial charge on any atom is -0.447 e. The zero-order valence-corrected chi connectivity index (χ0v) is 25.0. The van der Waals surface area contributed by atoms with E-state index in [1.54, 1.807) is 38.4 Å². The van der Waals surface area contributed by atoms with Gasteiger partial charge in [0.2, 0.25) is 21.9 Å². The Balaban J connectivity index is 1.21. The van der Waals surface area contributed by atoms with Crippen molar-refractivity contribution in [1.82, 2.24) is 19.2 Å². The van der Waals surface area contributed by atoms with Crippen LogP contribution in [0.5, 0.6) is 0 Å². The molecule has 0 aliphatic carbocycles.